The second kappa shape index (κ2) is 10.0. The number of cyclic esters (lactones) is 1. The number of hydrogen-bond acceptors (Lipinski definition) is 5. The zero-order valence-corrected chi connectivity index (χ0v) is 19.1. The Bertz CT molecular complexity index is 957. The monoisotopic (exact) mass is 458 g/mol. The number of ether oxygens (including phenoxy) is 2. The maximum Gasteiger partial charge on any atom is 0.417 e. The van der Waals surface area contributed by atoms with E-state index in [2.05, 4.69) is 5.32 Å². The largest absolute Gasteiger partial charge is 0.447 e. The summed E-state index contributed by atoms with van der Waals surface area (Å²) >= 11 is 5.96. The van der Waals surface area contributed by atoms with Gasteiger partial charge in [-0.1, -0.05) is 54.1 Å². The molecule has 2 atom stereocenters. The van der Waals surface area contributed by atoms with Gasteiger partial charge in [-0.15, -0.1) is 0 Å². The van der Waals surface area contributed by atoms with Crippen molar-refractivity contribution in [3.63, 3.8) is 0 Å². The highest BCUT2D eigenvalue weighted by Crippen LogP contribution is 2.20. The molecule has 0 spiro atoms. The molecule has 3 amide bonds. The van der Waals surface area contributed by atoms with Crippen LogP contribution in [0.3, 0.4) is 0 Å². The average Bonchev–Trinajstić information content (AvgIpc) is 3.08. The molecule has 1 aliphatic heterocycles. The van der Waals surface area contributed by atoms with Crippen LogP contribution in [0.15, 0.2) is 54.6 Å². The van der Waals surface area contributed by atoms with Crippen molar-refractivity contribution in [2.45, 2.75) is 51.3 Å². The summed E-state index contributed by atoms with van der Waals surface area (Å²) in [6.45, 7) is 5.29. The molecule has 1 saturated heterocycles. The second-order valence-electron chi connectivity index (χ2n) is 8.66. The van der Waals surface area contributed by atoms with Gasteiger partial charge in [0.25, 0.3) is 5.91 Å². The van der Waals surface area contributed by atoms with Gasteiger partial charge in [-0.3, -0.25) is 4.79 Å². The van der Waals surface area contributed by atoms with Crippen LogP contribution in [0.5, 0.6) is 0 Å². The lowest BCUT2D eigenvalue weighted by Gasteiger charge is -2.27. The van der Waals surface area contributed by atoms with E-state index in [0.29, 0.717) is 11.4 Å². The van der Waals surface area contributed by atoms with Crippen LogP contribution in [-0.2, 0) is 27.1 Å². The molecule has 2 aromatic carbocycles. The lowest BCUT2D eigenvalue weighted by molar-refractivity contribution is -0.131. The molecule has 8 heteroatoms. The highest BCUT2D eigenvalue weighted by molar-refractivity contribution is 6.30. The number of carbonyl (C=O) groups is 3. The first-order valence-electron chi connectivity index (χ1n) is 10.4. The molecule has 0 bridgehead atoms. The summed E-state index contributed by atoms with van der Waals surface area (Å²) in [5, 5.41) is 3.18. The fourth-order valence-corrected chi connectivity index (χ4v) is 3.57. The minimum Gasteiger partial charge on any atom is -0.447 e. The third kappa shape index (κ3) is 6.47. The number of nitrogens with zero attached hydrogens (tertiary/aromatic N) is 1. The van der Waals surface area contributed by atoms with Gasteiger partial charge in [0.05, 0.1) is 6.04 Å². The van der Waals surface area contributed by atoms with Crippen LogP contribution in [0, 0.1) is 0 Å². The van der Waals surface area contributed by atoms with Crippen molar-refractivity contribution in [1.29, 1.82) is 0 Å². The number of amides is 3. The van der Waals surface area contributed by atoms with Crippen LogP contribution in [0.2, 0.25) is 5.02 Å². The number of hydrogen-bond donors (Lipinski definition) is 1. The third-order valence-corrected chi connectivity index (χ3v) is 5.11. The fourth-order valence-electron chi connectivity index (χ4n) is 3.44. The van der Waals surface area contributed by atoms with Crippen molar-refractivity contribution in [2.24, 2.45) is 0 Å². The first-order chi connectivity index (χ1) is 15.1. The Morgan fingerprint density at radius 3 is 2.41 bits per heavy atom. The van der Waals surface area contributed by atoms with Crippen molar-refractivity contribution >= 4 is 29.7 Å². The lowest BCUT2D eigenvalue weighted by Crippen LogP contribution is -2.53. The van der Waals surface area contributed by atoms with Crippen LogP contribution in [0.1, 0.15) is 31.9 Å². The van der Waals surface area contributed by atoms with Gasteiger partial charge < -0.3 is 14.8 Å². The highest BCUT2D eigenvalue weighted by atomic mass is 35.5. The average molecular weight is 459 g/mol. The molecule has 1 N–H and O–H groups in total. The number of imide groups is 1. The molecular weight excluding hydrogens is 432 g/mol. The maximum atomic E-state index is 13.5. The van der Waals surface area contributed by atoms with Crippen molar-refractivity contribution in [3.8, 4) is 0 Å². The summed E-state index contributed by atoms with van der Waals surface area (Å²) < 4.78 is 10.5. The predicted octanol–water partition coefficient (Wildman–Crippen LogP) is 4.37. The quantitative estimate of drug-likeness (QED) is 0.694. The maximum absolute atomic E-state index is 13.5. The van der Waals surface area contributed by atoms with Gasteiger partial charge in [-0.2, -0.15) is 0 Å². The zero-order valence-electron chi connectivity index (χ0n) is 18.3. The van der Waals surface area contributed by atoms with Crippen LogP contribution < -0.4 is 5.32 Å². The van der Waals surface area contributed by atoms with E-state index in [0.717, 1.165) is 16.0 Å². The number of benzene rings is 2. The van der Waals surface area contributed by atoms with Crippen molar-refractivity contribution < 1.29 is 23.9 Å². The zero-order chi connectivity index (χ0) is 23.3. The molecule has 0 saturated carbocycles. The first kappa shape index (κ1) is 23.6. The van der Waals surface area contributed by atoms with Gasteiger partial charge in [0.2, 0.25) is 0 Å². The summed E-state index contributed by atoms with van der Waals surface area (Å²) in [6.07, 6.45) is -0.838. The molecule has 1 aliphatic rings. The number of rotatable bonds is 6. The molecule has 2 aromatic rings. The molecule has 32 heavy (non-hydrogen) atoms. The van der Waals surface area contributed by atoms with E-state index in [1.807, 2.05) is 30.3 Å². The van der Waals surface area contributed by atoms with Crippen LogP contribution in [-0.4, -0.2) is 47.3 Å². The first-order valence-corrected chi connectivity index (χ1v) is 10.8. The normalized spacial score (nSPS) is 16.9. The number of halogens is 1. The van der Waals surface area contributed by atoms with Gasteiger partial charge >= 0.3 is 12.2 Å². The molecule has 1 heterocycles. The van der Waals surface area contributed by atoms with Crippen molar-refractivity contribution in [3.05, 3.63) is 70.7 Å². The van der Waals surface area contributed by atoms with Crippen LogP contribution in [0.4, 0.5) is 9.59 Å². The van der Waals surface area contributed by atoms with Gasteiger partial charge in [0.1, 0.15) is 18.2 Å². The van der Waals surface area contributed by atoms with Gasteiger partial charge in [0.15, 0.2) is 0 Å². The SMILES string of the molecule is CC(C)(C)OC(=O)N[C@@H](Cc1ccc(Cl)cc1)C(=O)N1C(=O)OC[C@@H]1Cc1ccccc1. The summed E-state index contributed by atoms with van der Waals surface area (Å²) in [6, 6.07) is 15.0. The number of carbonyl (C=O) groups excluding carboxylic acids is 3. The molecule has 7 nitrogen and oxygen atoms in total. The Kier molecular flexibility index (Phi) is 7.40. The molecule has 1 fully saturated rings. The van der Waals surface area contributed by atoms with E-state index in [-0.39, 0.29) is 13.0 Å². The standard InChI is InChI=1S/C24H27ClN2O5/c1-24(2,3)32-22(29)26-20(14-17-9-11-18(25)12-10-17)21(28)27-19(15-31-23(27)30)13-16-7-5-4-6-8-16/h4-12,19-20H,13-15H2,1-3H3,(H,26,29)/t19-,20-/m0/s1. The van der Waals surface area contributed by atoms with Crippen molar-refractivity contribution in [2.75, 3.05) is 6.61 Å². The topological polar surface area (TPSA) is 84.9 Å². The van der Waals surface area contributed by atoms with E-state index in [4.69, 9.17) is 21.1 Å². The Balaban J connectivity index is 1.82. The van der Waals surface area contributed by atoms with Gasteiger partial charge in [0, 0.05) is 11.4 Å². The third-order valence-electron chi connectivity index (χ3n) is 4.85. The van der Waals surface area contributed by atoms with E-state index in [1.165, 1.54) is 0 Å². The van der Waals surface area contributed by atoms with Crippen molar-refractivity contribution in [1.82, 2.24) is 10.2 Å². The Morgan fingerprint density at radius 1 is 1.12 bits per heavy atom. The number of alkyl carbamates (subject to hydrolysis) is 1. The summed E-state index contributed by atoms with van der Waals surface area (Å²) in [5.74, 6) is -0.547. The molecule has 3 rings (SSSR count). The summed E-state index contributed by atoms with van der Waals surface area (Å²) in [7, 11) is 0. The van der Waals surface area contributed by atoms with E-state index in [9.17, 15) is 14.4 Å². The van der Waals surface area contributed by atoms with Gasteiger partial charge in [-0.25, -0.2) is 14.5 Å². The Morgan fingerprint density at radius 2 is 1.78 bits per heavy atom. The van der Waals surface area contributed by atoms with Crippen LogP contribution in [0.25, 0.3) is 0 Å². The Labute approximate surface area is 192 Å². The molecule has 0 aromatic heterocycles. The Hall–Kier alpha value is -3.06. The lowest BCUT2D eigenvalue weighted by atomic mass is 10.0. The molecule has 0 unspecified atom stereocenters. The summed E-state index contributed by atoms with van der Waals surface area (Å²) in [5.41, 5.74) is 1.01. The minimum absolute atomic E-state index is 0.0968. The smallest absolute Gasteiger partial charge is 0.417 e. The molecule has 0 radical (unpaired) electrons. The van der Waals surface area contributed by atoms with E-state index < -0.39 is 35.8 Å². The van der Waals surface area contributed by atoms with E-state index >= 15 is 0 Å². The number of nitrogens with one attached hydrogen (secondary N) is 1. The highest BCUT2D eigenvalue weighted by Gasteiger charge is 2.41. The van der Waals surface area contributed by atoms with E-state index in [1.54, 1.807) is 45.0 Å². The minimum atomic E-state index is -1.02. The molecular formula is C24H27ClN2O5. The summed E-state index contributed by atoms with van der Waals surface area (Å²) in [4.78, 5) is 39.5. The molecule has 0 aliphatic carbocycles. The molecule has 170 valence electrons. The van der Waals surface area contributed by atoms with Gasteiger partial charge in [-0.05, 0) is 50.5 Å². The second-order valence-corrected chi connectivity index (χ2v) is 9.09. The predicted molar refractivity (Wildman–Crippen MR) is 120 cm³/mol. The van der Waals surface area contributed by atoms with Crippen LogP contribution >= 0.6 is 11.6 Å². The fraction of sp³-hybridized carbons (Fsp3) is 0.375.